The van der Waals surface area contributed by atoms with E-state index >= 15 is 0 Å². The second-order valence-corrected chi connectivity index (χ2v) is 7.02. The summed E-state index contributed by atoms with van der Waals surface area (Å²) in [5, 5.41) is 10.3. The lowest BCUT2D eigenvalue weighted by atomic mass is 9.97. The summed E-state index contributed by atoms with van der Waals surface area (Å²) >= 11 is 0. The van der Waals surface area contributed by atoms with Crippen molar-refractivity contribution in [3.8, 4) is 0 Å². The van der Waals surface area contributed by atoms with Gasteiger partial charge in [0.25, 0.3) is 5.91 Å². The Labute approximate surface area is 153 Å². The van der Waals surface area contributed by atoms with Gasteiger partial charge in [-0.1, -0.05) is 0 Å². The molecule has 1 aromatic heterocycles. The Balaban J connectivity index is 1.90. The number of carbonyl (C=O) groups excluding carboxylic acids is 1. The molecule has 0 aliphatic carbocycles. The van der Waals surface area contributed by atoms with Gasteiger partial charge in [-0.15, -0.1) is 0 Å². The standard InChI is InChI=1S/C20H26N2O4/c1-13-14(2)22(9-10-26-3)18-7-6-15(11-17(13)18)19(23)21-8-4-5-16(12-21)20(24)25/h6-7,11,16H,4-5,8-10,12H2,1-3H3,(H,24,25). The number of aryl methyl sites for hydroxylation is 1. The van der Waals surface area contributed by atoms with E-state index in [9.17, 15) is 14.7 Å². The maximum Gasteiger partial charge on any atom is 0.308 e. The quantitative estimate of drug-likeness (QED) is 0.892. The first kappa shape index (κ1) is 18.5. The summed E-state index contributed by atoms with van der Waals surface area (Å²) in [7, 11) is 1.69. The summed E-state index contributed by atoms with van der Waals surface area (Å²) in [6.07, 6.45) is 1.37. The zero-order chi connectivity index (χ0) is 18.8. The van der Waals surface area contributed by atoms with Gasteiger partial charge in [0.05, 0.1) is 12.5 Å². The fourth-order valence-corrected chi connectivity index (χ4v) is 3.80. The van der Waals surface area contributed by atoms with Gasteiger partial charge >= 0.3 is 5.97 Å². The van der Waals surface area contributed by atoms with Gasteiger partial charge in [-0.3, -0.25) is 9.59 Å². The topological polar surface area (TPSA) is 71.8 Å². The normalized spacial score (nSPS) is 17.7. The number of hydrogen-bond acceptors (Lipinski definition) is 3. The average Bonchev–Trinajstić information content (AvgIpc) is 2.89. The molecule has 1 fully saturated rings. The predicted octanol–water partition coefficient (Wildman–Crippen LogP) is 2.84. The van der Waals surface area contributed by atoms with Crippen LogP contribution in [-0.2, 0) is 16.1 Å². The third kappa shape index (κ3) is 3.33. The van der Waals surface area contributed by atoms with Crippen LogP contribution in [0.3, 0.4) is 0 Å². The molecule has 0 saturated carbocycles. The van der Waals surface area contributed by atoms with Crippen LogP contribution in [0.4, 0.5) is 0 Å². The molecule has 1 aliphatic rings. The summed E-state index contributed by atoms with van der Waals surface area (Å²) < 4.78 is 7.41. The van der Waals surface area contributed by atoms with Crippen molar-refractivity contribution < 1.29 is 19.4 Å². The number of amides is 1. The molecule has 1 atom stereocenters. The Morgan fingerprint density at radius 2 is 2.08 bits per heavy atom. The second-order valence-electron chi connectivity index (χ2n) is 7.02. The van der Waals surface area contributed by atoms with Gasteiger partial charge in [0.1, 0.15) is 0 Å². The van der Waals surface area contributed by atoms with E-state index in [1.165, 1.54) is 5.69 Å². The molecule has 140 valence electrons. The van der Waals surface area contributed by atoms with E-state index in [4.69, 9.17) is 4.74 Å². The Morgan fingerprint density at radius 1 is 1.31 bits per heavy atom. The van der Waals surface area contributed by atoms with Crippen LogP contribution in [0.15, 0.2) is 18.2 Å². The Kier molecular flexibility index (Phi) is 5.32. The number of carbonyl (C=O) groups is 2. The average molecular weight is 358 g/mol. The number of aromatic nitrogens is 1. The monoisotopic (exact) mass is 358 g/mol. The van der Waals surface area contributed by atoms with Crippen LogP contribution in [0.1, 0.15) is 34.5 Å². The molecule has 6 nitrogen and oxygen atoms in total. The number of aliphatic carboxylic acids is 1. The minimum atomic E-state index is -0.820. The van der Waals surface area contributed by atoms with Gasteiger partial charge in [0, 0.05) is 48.9 Å². The summed E-state index contributed by atoms with van der Waals surface area (Å²) in [5.74, 6) is -1.37. The number of carboxylic acids is 1. The molecule has 1 amide bonds. The number of methoxy groups -OCH3 is 1. The largest absolute Gasteiger partial charge is 0.481 e. The van der Waals surface area contributed by atoms with Gasteiger partial charge in [0.2, 0.25) is 0 Å². The van der Waals surface area contributed by atoms with Crippen LogP contribution < -0.4 is 0 Å². The fraction of sp³-hybridized carbons (Fsp3) is 0.500. The number of ether oxygens (including phenoxy) is 1. The van der Waals surface area contributed by atoms with Crippen LogP contribution >= 0.6 is 0 Å². The van der Waals surface area contributed by atoms with E-state index < -0.39 is 11.9 Å². The molecule has 6 heteroatoms. The lowest BCUT2D eigenvalue weighted by Crippen LogP contribution is -2.42. The van der Waals surface area contributed by atoms with E-state index in [1.54, 1.807) is 12.0 Å². The van der Waals surface area contributed by atoms with E-state index in [0.717, 1.165) is 29.4 Å². The van der Waals surface area contributed by atoms with Crippen molar-refractivity contribution in [1.82, 2.24) is 9.47 Å². The highest BCUT2D eigenvalue weighted by Gasteiger charge is 2.29. The minimum absolute atomic E-state index is 0.0838. The van der Waals surface area contributed by atoms with Crippen molar-refractivity contribution in [2.75, 3.05) is 26.8 Å². The zero-order valence-electron chi connectivity index (χ0n) is 15.6. The second kappa shape index (κ2) is 7.50. The molecule has 0 radical (unpaired) electrons. The molecular weight excluding hydrogens is 332 g/mol. The maximum absolute atomic E-state index is 12.9. The highest BCUT2D eigenvalue weighted by atomic mass is 16.5. The van der Waals surface area contributed by atoms with E-state index in [1.807, 2.05) is 18.2 Å². The molecule has 3 rings (SSSR count). The van der Waals surface area contributed by atoms with E-state index in [-0.39, 0.29) is 5.91 Å². The molecule has 2 aromatic rings. The van der Waals surface area contributed by atoms with Crippen LogP contribution in [0.25, 0.3) is 10.9 Å². The number of nitrogens with zero attached hydrogens (tertiary/aromatic N) is 2. The number of benzene rings is 1. The van der Waals surface area contributed by atoms with Gasteiger partial charge in [-0.25, -0.2) is 0 Å². The summed E-state index contributed by atoms with van der Waals surface area (Å²) in [4.78, 5) is 25.8. The molecule has 1 aromatic carbocycles. The summed E-state index contributed by atoms with van der Waals surface area (Å²) in [5.41, 5.74) is 4.05. The molecule has 1 aliphatic heterocycles. The van der Waals surface area contributed by atoms with Crippen LogP contribution in [0.5, 0.6) is 0 Å². The number of hydrogen-bond donors (Lipinski definition) is 1. The number of piperidine rings is 1. The highest BCUT2D eigenvalue weighted by Crippen LogP contribution is 2.27. The Morgan fingerprint density at radius 3 is 2.77 bits per heavy atom. The van der Waals surface area contributed by atoms with E-state index in [0.29, 0.717) is 31.7 Å². The number of fused-ring (bicyclic) bond motifs is 1. The molecular formula is C20H26N2O4. The van der Waals surface area contributed by atoms with Crippen LogP contribution in [-0.4, -0.2) is 53.3 Å². The maximum atomic E-state index is 12.9. The van der Waals surface area contributed by atoms with Crippen molar-refractivity contribution in [2.24, 2.45) is 5.92 Å². The van der Waals surface area contributed by atoms with Crippen molar-refractivity contribution in [3.05, 3.63) is 35.0 Å². The summed E-state index contributed by atoms with van der Waals surface area (Å²) in [6, 6.07) is 5.77. The van der Waals surface area contributed by atoms with Crippen molar-refractivity contribution >= 4 is 22.8 Å². The Hall–Kier alpha value is -2.34. The zero-order valence-corrected chi connectivity index (χ0v) is 15.6. The molecule has 0 bridgehead atoms. The highest BCUT2D eigenvalue weighted by molar-refractivity contribution is 5.99. The molecule has 1 N–H and O–H groups in total. The van der Waals surface area contributed by atoms with Crippen molar-refractivity contribution in [2.45, 2.75) is 33.2 Å². The van der Waals surface area contributed by atoms with Crippen molar-refractivity contribution in [1.29, 1.82) is 0 Å². The predicted molar refractivity (Wildman–Crippen MR) is 99.6 cm³/mol. The molecule has 2 heterocycles. The number of carboxylic acid groups (broad SMARTS) is 1. The van der Waals surface area contributed by atoms with Gasteiger partial charge in [-0.05, 0) is 50.5 Å². The van der Waals surface area contributed by atoms with Crippen LogP contribution in [0.2, 0.25) is 0 Å². The summed E-state index contributed by atoms with van der Waals surface area (Å²) in [6.45, 7) is 6.46. The first-order valence-corrected chi connectivity index (χ1v) is 9.04. The number of likely N-dealkylation sites (tertiary alicyclic amines) is 1. The molecule has 1 unspecified atom stereocenters. The first-order valence-electron chi connectivity index (χ1n) is 9.04. The smallest absolute Gasteiger partial charge is 0.308 e. The lowest BCUT2D eigenvalue weighted by molar-refractivity contribution is -0.143. The molecule has 1 saturated heterocycles. The minimum Gasteiger partial charge on any atom is -0.481 e. The third-order valence-corrected chi connectivity index (χ3v) is 5.46. The van der Waals surface area contributed by atoms with Crippen LogP contribution in [0, 0.1) is 19.8 Å². The molecule has 0 spiro atoms. The SMILES string of the molecule is COCCn1c(C)c(C)c2cc(C(=O)N3CCCC(C(=O)O)C3)ccc21. The number of rotatable bonds is 5. The Bertz CT molecular complexity index is 840. The van der Waals surface area contributed by atoms with Gasteiger partial charge in [-0.2, -0.15) is 0 Å². The third-order valence-electron chi connectivity index (χ3n) is 5.46. The van der Waals surface area contributed by atoms with Gasteiger partial charge < -0.3 is 19.3 Å². The van der Waals surface area contributed by atoms with Crippen molar-refractivity contribution in [3.63, 3.8) is 0 Å². The van der Waals surface area contributed by atoms with Gasteiger partial charge in [0.15, 0.2) is 0 Å². The lowest BCUT2D eigenvalue weighted by Gasteiger charge is -2.30. The first-order chi connectivity index (χ1) is 12.4. The van der Waals surface area contributed by atoms with E-state index in [2.05, 4.69) is 18.4 Å². The fourth-order valence-electron chi connectivity index (χ4n) is 3.80. The molecule has 26 heavy (non-hydrogen) atoms.